The molecular weight excluding hydrogens is 443 g/mol. The summed E-state index contributed by atoms with van der Waals surface area (Å²) in [5.41, 5.74) is 9.39. The molecule has 5 nitrogen and oxygen atoms in total. The van der Waals surface area contributed by atoms with Gasteiger partial charge in [0.2, 0.25) is 0 Å². The first-order valence-corrected chi connectivity index (χ1v) is 11.2. The number of guanidine groups is 1. The number of methoxy groups -OCH3 is 1. The van der Waals surface area contributed by atoms with Crippen LogP contribution in [0.15, 0.2) is 76.7 Å². The number of hydrogen-bond donors (Lipinski definition) is 1. The Bertz CT molecular complexity index is 1240. The molecule has 0 fully saturated rings. The lowest BCUT2D eigenvalue weighted by Crippen LogP contribution is -2.46. The van der Waals surface area contributed by atoms with Gasteiger partial charge in [-0.1, -0.05) is 53.5 Å². The number of aliphatic imine (C=N–C) groups is 2. The van der Waals surface area contributed by atoms with Crippen molar-refractivity contribution in [1.82, 2.24) is 4.90 Å². The molecule has 0 radical (unpaired) electrons. The van der Waals surface area contributed by atoms with Crippen molar-refractivity contribution in [3.05, 3.63) is 87.9 Å². The zero-order valence-electron chi connectivity index (χ0n) is 17.6. The minimum atomic E-state index is -0.864. The zero-order chi connectivity index (χ0) is 22.3. The van der Waals surface area contributed by atoms with Crippen LogP contribution in [0.3, 0.4) is 0 Å². The van der Waals surface area contributed by atoms with Crippen LogP contribution in [-0.2, 0) is 5.54 Å². The van der Waals surface area contributed by atoms with Crippen molar-refractivity contribution in [2.45, 2.75) is 12.0 Å². The van der Waals surface area contributed by atoms with Gasteiger partial charge in [-0.2, -0.15) is 0 Å². The second kappa shape index (κ2) is 8.15. The summed E-state index contributed by atoms with van der Waals surface area (Å²) in [5, 5.41) is 1.18. The minimum absolute atomic E-state index is 0.475. The zero-order valence-corrected chi connectivity index (χ0v) is 19.1. The smallest absolute Gasteiger partial charge is 0.198 e. The highest BCUT2D eigenvalue weighted by Gasteiger charge is 2.49. The standard InChI is InChI=1S/C25H22Cl2N4O/c1-32-22-8-3-7-19(14-22)25(23-29-9-4-10-31(23)24(28)30-25)18-6-2-5-16(11-18)17-12-20(26)15-21(27)13-17/h2-3,5-8,11-15H,4,9-10H2,1H3,(H2,28,30). The van der Waals surface area contributed by atoms with Crippen molar-refractivity contribution in [2.75, 3.05) is 20.2 Å². The van der Waals surface area contributed by atoms with E-state index in [0.717, 1.165) is 53.3 Å². The van der Waals surface area contributed by atoms with Crippen molar-refractivity contribution in [3.63, 3.8) is 0 Å². The van der Waals surface area contributed by atoms with Crippen LogP contribution in [0.2, 0.25) is 10.0 Å². The van der Waals surface area contributed by atoms with Gasteiger partial charge in [-0.05, 0) is 65.1 Å². The molecule has 0 aromatic heterocycles. The van der Waals surface area contributed by atoms with Crippen LogP contribution in [0.4, 0.5) is 0 Å². The summed E-state index contributed by atoms with van der Waals surface area (Å²) in [6.45, 7) is 1.54. The van der Waals surface area contributed by atoms with E-state index < -0.39 is 5.54 Å². The van der Waals surface area contributed by atoms with E-state index in [2.05, 4.69) is 12.1 Å². The van der Waals surface area contributed by atoms with E-state index in [-0.39, 0.29) is 0 Å². The molecule has 0 saturated heterocycles. The Balaban J connectivity index is 1.75. The Morgan fingerprint density at radius 2 is 1.66 bits per heavy atom. The van der Waals surface area contributed by atoms with Gasteiger partial charge in [0.25, 0.3) is 0 Å². The number of nitrogens with two attached hydrogens (primary N) is 1. The average molecular weight is 465 g/mol. The molecule has 3 aromatic carbocycles. The SMILES string of the molecule is COc1cccc(C2(c3cccc(-c4cc(Cl)cc(Cl)c4)c3)N=C(N)N3CCCN=C32)c1. The molecule has 0 aliphatic carbocycles. The Morgan fingerprint density at radius 1 is 0.938 bits per heavy atom. The fraction of sp³-hybridized carbons (Fsp3) is 0.200. The molecule has 1 atom stereocenters. The number of rotatable bonds is 4. The van der Waals surface area contributed by atoms with Gasteiger partial charge in [0, 0.05) is 23.1 Å². The first kappa shape index (κ1) is 20.9. The molecule has 2 aliphatic rings. The van der Waals surface area contributed by atoms with Gasteiger partial charge in [0.05, 0.1) is 7.11 Å². The largest absolute Gasteiger partial charge is 0.497 e. The van der Waals surface area contributed by atoms with Crippen LogP contribution in [0.5, 0.6) is 5.75 Å². The average Bonchev–Trinajstić information content (AvgIpc) is 3.12. The van der Waals surface area contributed by atoms with Crippen molar-refractivity contribution < 1.29 is 4.74 Å². The first-order chi connectivity index (χ1) is 15.5. The van der Waals surface area contributed by atoms with E-state index >= 15 is 0 Å². The maximum Gasteiger partial charge on any atom is 0.198 e. The molecule has 1 unspecified atom stereocenters. The maximum atomic E-state index is 6.43. The Hall–Kier alpha value is -3.02. The lowest BCUT2D eigenvalue weighted by molar-refractivity contribution is 0.413. The summed E-state index contributed by atoms with van der Waals surface area (Å²) in [7, 11) is 1.66. The van der Waals surface area contributed by atoms with Crippen molar-refractivity contribution in [1.29, 1.82) is 0 Å². The van der Waals surface area contributed by atoms with E-state index in [0.29, 0.717) is 16.0 Å². The monoisotopic (exact) mass is 464 g/mol. The predicted molar refractivity (Wildman–Crippen MR) is 131 cm³/mol. The molecule has 3 aromatic rings. The number of fused-ring (bicyclic) bond motifs is 1. The van der Waals surface area contributed by atoms with E-state index in [4.69, 9.17) is 43.7 Å². The van der Waals surface area contributed by atoms with Gasteiger partial charge in [-0.15, -0.1) is 0 Å². The third-order valence-corrected chi connectivity index (χ3v) is 6.34. The normalized spacial score (nSPS) is 19.9. The number of benzene rings is 3. The van der Waals surface area contributed by atoms with Gasteiger partial charge < -0.3 is 10.5 Å². The number of amidine groups is 1. The fourth-order valence-corrected chi connectivity index (χ4v) is 4.99. The Labute approximate surface area is 197 Å². The summed E-state index contributed by atoms with van der Waals surface area (Å²) in [5.74, 6) is 2.07. The van der Waals surface area contributed by atoms with Crippen LogP contribution in [0.25, 0.3) is 11.1 Å². The molecule has 5 rings (SSSR count). The van der Waals surface area contributed by atoms with Gasteiger partial charge in [-0.25, -0.2) is 4.99 Å². The van der Waals surface area contributed by atoms with E-state index in [1.165, 1.54) is 0 Å². The fourth-order valence-electron chi connectivity index (χ4n) is 4.47. The number of ether oxygens (including phenoxy) is 1. The predicted octanol–water partition coefficient (Wildman–Crippen LogP) is 5.35. The summed E-state index contributed by atoms with van der Waals surface area (Å²) in [6.07, 6.45) is 0.939. The highest BCUT2D eigenvalue weighted by atomic mass is 35.5. The van der Waals surface area contributed by atoms with Crippen LogP contribution in [0.1, 0.15) is 17.5 Å². The number of nitrogens with zero attached hydrogens (tertiary/aromatic N) is 3. The highest BCUT2D eigenvalue weighted by Crippen LogP contribution is 2.43. The second-order valence-electron chi connectivity index (χ2n) is 7.86. The maximum absolute atomic E-state index is 6.43. The summed E-state index contributed by atoms with van der Waals surface area (Å²) in [4.78, 5) is 12.0. The molecule has 32 heavy (non-hydrogen) atoms. The van der Waals surface area contributed by atoms with Crippen LogP contribution >= 0.6 is 23.2 Å². The number of hydrogen-bond acceptors (Lipinski definition) is 5. The van der Waals surface area contributed by atoms with Crippen molar-refractivity contribution in [3.8, 4) is 16.9 Å². The third kappa shape index (κ3) is 3.42. The molecule has 162 valence electrons. The topological polar surface area (TPSA) is 63.2 Å². The Morgan fingerprint density at radius 3 is 2.41 bits per heavy atom. The molecular formula is C25H22Cl2N4O. The third-order valence-electron chi connectivity index (χ3n) is 5.90. The molecule has 2 N–H and O–H groups in total. The van der Waals surface area contributed by atoms with Crippen molar-refractivity contribution in [2.24, 2.45) is 15.7 Å². The Kier molecular flexibility index (Phi) is 5.31. The first-order valence-electron chi connectivity index (χ1n) is 10.4. The molecule has 0 bridgehead atoms. The van der Waals surface area contributed by atoms with Crippen molar-refractivity contribution >= 4 is 35.0 Å². The molecule has 0 saturated carbocycles. The van der Waals surface area contributed by atoms with Gasteiger partial charge in [0.1, 0.15) is 11.6 Å². The lowest BCUT2D eigenvalue weighted by atomic mass is 9.81. The van der Waals surface area contributed by atoms with Crippen LogP contribution in [-0.4, -0.2) is 36.9 Å². The molecule has 0 amide bonds. The highest BCUT2D eigenvalue weighted by molar-refractivity contribution is 6.35. The van der Waals surface area contributed by atoms with E-state index in [1.807, 2.05) is 53.4 Å². The molecule has 2 heterocycles. The van der Waals surface area contributed by atoms with Gasteiger partial charge in [-0.3, -0.25) is 9.89 Å². The summed E-state index contributed by atoms with van der Waals surface area (Å²) >= 11 is 12.5. The quantitative estimate of drug-likeness (QED) is 0.566. The number of halogens is 2. The van der Waals surface area contributed by atoms with E-state index in [1.54, 1.807) is 13.2 Å². The minimum Gasteiger partial charge on any atom is -0.497 e. The summed E-state index contributed by atoms with van der Waals surface area (Å²) < 4.78 is 5.52. The second-order valence-corrected chi connectivity index (χ2v) is 8.73. The van der Waals surface area contributed by atoms with Gasteiger partial charge >= 0.3 is 0 Å². The molecule has 7 heteroatoms. The molecule has 2 aliphatic heterocycles. The van der Waals surface area contributed by atoms with Crippen LogP contribution in [0, 0.1) is 0 Å². The van der Waals surface area contributed by atoms with Crippen LogP contribution < -0.4 is 10.5 Å². The lowest BCUT2D eigenvalue weighted by Gasteiger charge is -2.33. The summed E-state index contributed by atoms with van der Waals surface area (Å²) in [6, 6.07) is 21.7. The van der Waals surface area contributed by atoms with Gasteiger partial charge in [0.15, 0.2) is 11.5 Å². The molecule has 0 spiro atoms. The van der Waals surface area contributed by atoms with E-state index in [9.17, 15) is 0 Å².